The molecule has 2 heterocycles. The lowest BCUT2D eigenvalue weighted by atomic mass is 9.98. The van der Waals surface area contributed by atoms with Crippen LogP contribution in [0.5, 0.6) is 0 Å². The molecule has 0 radical (unpaired) electrons. The number of aryl methyl sites for hydroxylation is 1. The SMILES string of the molecule is CC[C@H](C)[C@H](N=C1NS(=O)(=O)c2ccccc21)C(=O)NCc1c(C)nn(Cc2ccccc2)c1C. The van der Waals surface area contributed by atoms with E-state index in [0.29, 0.717) is 18.7 Å². The second kappa shape index (κ2) is 10.0. The van der Waals surface area contributed by atoms with E-state index >= 15 is 0 Å². The molecule has 2 aromatic carbocycles. The number of aliphatic imine (C=N–C) groups is 1. The van der Waals surface area contributed by atoms with Crippen molar-refractivity contribution >= 4 is 21.8 Å². The Bertz CT molecular complexity index is 1360. The van der Waals surface area contributed by atoms with Gasteiger partial charge < -0.3 is 5.32 Å². The first-order valence-electron chi connectivity index (χ1n) is 11.8. The molecule has 2 N–H and O–H groups in total. The van der Waals surface area contributed by atoms with Crippen molar-refractivity contribution in [3.8, 4) is 0 Å². The van der Waals surface area contributed by atoms with Gasteiger partial charge in [-0.1, -0.05) is 62.7 Å². The first-order valence-corrected chi connectivity index (χ1v) is 13.2. The van der Waals surface area contributed by atoms with E-state index in [4.69, 9.17) is 0 Å². The van der Waals surface area contributed by atoms with E-state index in [1.54, 1.807) is 18.2 Å². The molecule has 0 saturated carbocycles. The third-order valence-corrected chi connectivity index (χ3v) is 7.93. The molecule has 1 aliphatic heterocycles. The van der Waals surface area contributed by atoms with Crippen LogP contribution in [0, 0.1) is 19.8 Å². The van der Waals surface area contributed by atoms with Gasteiger partial charge in [0.15, 0.2) is 0 Å². The average Bonchev–Trinajstić information content (AvgIpc) is 3.27. The topological polar surface area (TPSA) is 105 Å². The Morgan fingerprint density at radius 1 is 1.11 bits per heavy atom. The van der Waals surface area contributed by atoms with Gasteiger partial charge in [-0.15, -0.1) is 0 Å². The molecule has 4 rings (SSSR count). The summed E-state index contributed by atoms with van der Waals surface area (Å²) in [4.78, 5) is 18.1. The lowest BCUT2D eigenvalue weighted by Gasteiger charge is -2.19. The van der Waals surface area contributed by atoms with Crippen molar-refractivity contribution in [2.24, 2.45) is 10.9 Å². The highest BCUT2D eigenvalue weighted by molar-refractivity contribution is 7.90. The summed E-state index contributed by atoms with van der Waals surface area (Å²) >= 11 is 0. The number of hydrogen-bond acceptors (Lipinski definition) is 5. The van der Waals surface area contributed by atoms with Crippen LogP contribution >= 0.6 is 0 Å². The zero-order chi connectivity index (χ0) is 25.2. The summed E-state index contributed by atoms with van der Waals surface area (Å²) in [6.45, 7) is 8.85. The quantitative estimate of drug-likeness (QED) is 0.502. The Balaban J connectivity index is 1.54. The second-order valence-electron chi connectivity index (χ2n) is 8.92. The van der Waals surface area contributed by atoms with Crippen molar-refractivity contribution in [1.82, 2.24) is 19.8 Å². The predicted octanol–water partition coefficient (Wildman–Crippen LogP) is 3.32. The summed E-state index contributed by atoms with van der Waals surface area (Å²) < 4.78 is 29.4. The van der Waals surface area contributed by atoms with E-state index in [-0.39, 0.29) is 22.6 Å². The van der Waals surface area contributed by atoms with E-state index in [0.717, 1.165) is 28.9 Å². The molecule has 3 aromatic rings. The molecule has 1 amide bonds. The van der Waals surface area contributed by atoms with Crippen LogP contribution in [0.1, 0.15) is 48.3 Å². The van der Waals surface area contributed by atoms with Crippen molar-refractivity contribution in [1.29, 1.82) is 0 Å². The summed E-state index contributed by atoms with van der Waals surface area (Å²) in [6, 6.07) is 16.0. The summed E-state index contributed by atoms with van der Waals surface area (Å²) in [7, 11) is -3.67. The molecule has 8 nitrogen and oxygen atoms in total. The number of amidine groups is 1. The van der Waals surface area contributed by atoms with Crippen LogP contribution in [0.2, 0.25) is 0 Å². The molecule has 0 unspecified atom stereocenters. The lowest BCUT2D eigenvalue weighted by Crippen LogP contribution is -2.39. The number of nitrogens with one attached hydrogen (secondary N) is 2. The molecular formula is C26H31N5O3S. The van der Waals surface area contributed by atoms with Crippen LogP contribution in [0.3, 0.4) is 0 Å². The summed E-state index contributed by atoms with van der Waals surface area (Å²) in [5.41, 5.74) is 4.47. The maximum Gasteiger partial charge on any atom is 0.263 e. The van der Waals surface area contributed by atoms with Gasteiger partial charge in [0.25, 0.3) is 10.0 Å². The molecule has 0 bridgehead atoms. The number of fused-ring (bicyclic) bond motifs is 1. The van der Waals surface area contributed by atoms with Crippen LogP contribution in [-0.2, 0) is 27.9 Å². The highest BCUT2D eigenvalue weighted by atomic mass is 32.2. The van der Waals surface area contributed by atoms with Crippen molar-refractivity contribution < 1.29 is 13.2 Å². The number of carbonyl (C=O) groups is 1. The molecule has 35 heavy (non-hydrogen) atoms. The number of amides is 1. The third kappa shape index (κ3) is 5.14. The summed E-state index contributed by atoms with van der Waals surface area (Å²) in [5, 5.41) is 7.68. The van der Waals surface area contributed by atoms with Crippen LogP contribution in [0.4, 0.5) is 0 Å². The van der Waals surface area contributed by atoms with Gasteiger partial charge in [-0.25, -0.2) is 8.42 Å². The Hall–Kier alpha value is -3.46. The van der Waals surface area contributed by atoms with Gasteiger partial charge >= 0.3 is 0 Å². The van der Waals surface area contributed by atoms with Crippen LogP contribution < -0.4 is 10.0 Å². The molecule has 0 fully saturated rings. The summed E-state index contributed by atoms with van der Waals surface area (Å²) in [6.07, 6.45) is 0.719. The summed E-state index contributed by atoms with van der Waals surface area (Å²) in [5.74, 6) is -0.114. The standard InChI is InChI=1S/C26H31N5O3S/c1-5-17(2)24(28-25-21-13-9-10-14-23(21)35(33,34)30-25)26(32)27-15-22-18(3)29-31(19(22)4)16-20-11-7-6-8-12-20/h6-14,17,24H,5,15-16H2,1-4H3,(H,27,32)(H,28,30)/t17-,24-/m0/s1. The largest absolute Gasteiger partial charge is 0.350 e. The fourth-order valence-electron chi connectivity index (χ4n) is 4.22. The van der Waals surface area contributed by atoms with Crippen molar-refractivity contribution in [3.05, 3.63) is 82.7 Å². The monoisotopic (exact) mass is 493 g/mol. The Labute approximate surface area is 206 Å². The normalized spacial score (nSPS) is 17.0. The fourth-order valence-corrected chi connectivity index (χ4v) is 5.46. The van der Waals surface area contributed by atoms with Gasteiger partial charge in [-0.2, -0.15) is 5.10 Å². The molecule has 9 heteroatoms. The molecule has 2 atom stereocenters. The maximum absolute atomic E-state index is 13.3. The maximum atomic E-state index is 13.3. The fraction of sp³-hybridized carbons (Fsp3) is 0.346. The van der Waals surface area contributed by atoms with Crippen LogP contribution in [-0.4, -0.2) is 36.0 Å². The smallest absolute Gasteiger partial charge is 0.263 e. The van der Waals surface area contributed by atoms with Gasteiger partial charge in [0.2, 0.25) is 5.91 Å². The molecule has 184 valence electrons. The van der Waals surface area contributed by atoms with Gasteiger partial charge in [-0.3, -0.25) is 19.2 Å². The molecule has 0 spiro atoms. The average molecular weight is 494 g/mol. The van der Waals surface area contributed by atoms with Crippen molar-refractivity contribution in [2.45, 2.75) is 58.1 Å². The van der Waals surface area contributed by atoms with E-state index in [9.17, 15) is 13.2 Å². The number of aromatic nitrogens is 2. The van der Waals surface area contributed by atoms with Crippen LogP contribution in [0.25, 0.3) is 0 Å². The minimum atomic E-state index is -3.67. The van der Waals surface area contributed by atoms with Crippen molar-refractivity contribution in [3.63, 3.8) is 0 Å². The number of nitrogens with zero attached hydrogens (tertiary/aromatic N) is 3. The molecule has 1 aliphatic rings. The minimum Gasteiger partial charge on any atom is -0.350 e. The van der Waals surface area contributed by atoms with Gasteiger partial charge in [0, 0.05) is 23.4 Å². The third-order valence-electron chi connectivity index (χ3n) is 6.53. The highest BCUT2D eigenvalue weighted by Gasteiger charge is 2.33. The number of carbonyl (C=O) groups excluding carboxylic acids is 1. The molecule has 0 saturated heterocycles. The van der Waals surface area contributed by atoms with Crippen LogP contribution in [0.15, 0.2) is 64.5 Å². The molecule has 0 aliphatic carbocycles. The zero-order valence-corrected chi connectivity index (χ0v) is 21.3. The van der Waals surface area contributed by atoms with Gasteiger partial charge in [0.1, 0.15) is 11.9 Å². The Morgan fingerprint density at radius 2 is 1.80 bits per heavy atom. The van der Waals surface area contributed by atoms with E-state index in [2.05, 4.69) is 32.3 Å². The number of benzene rings is 2. The number of sulfonamides is 1. The van der Waals surface area contributed by atoms with E-state index in [1.807, 2.05) is 50.6 Å². The second-order valence-corrected chi connectivity index (χ2v) is 10.6. The van der Waals surface area contributed by atoms with Gasteiger partial charge in [-0.05, 0) is 37.5 Å². The number of hydrogen-bond donors (Lipinski definition) is 2. The predicted molar refractivity (Wildman–Crippen MR) is 136 cm³/mol. The first-order chi connectivity index (χ1) is 16.7. The van der Waals surface area contributed by atoms with E-state index < -0.39 is 16.1 Å². The molecule has 1 aromatic heterocycles. The zero-order valence-electron chi connectivity index (χ0n) is 20.4. The van der Waals surface area contributed by atoms with Gasteiger partial charge in [0.05, 0.1) is 17.1 Å². The lowest BCUT2D eigenvalue weighted by molar-refractivity contribution is -0.123. The minimum absolute atomic E-state index is 0.0808. The Kier molecular flexibility index (Phi) is 7.07. The Morgan fingerprint density at radius 3 is 2.51 bits per heavy atom. The van der Waals surface area contributed by atoms with Crippen molar-refractivity contribution in [2.75, 3.05) is 0 Å². The highest BCUT2D eigenvalue weighted by Crippen LogP contribution is 2.24. The number of rotatable bonds is 8. The molecular weight excluding hydrogens is 462 g/mol. The first kappa shape index (κ1) is 24.7. The van der Waals surface area contributed by atoms with E-state index in [1.165, 1.54) is 6.07 Å².